The minimum absolute atomic E-state index is 0.00912. The van der Waals surface area contributed by atoms with Crippen molar-refractivity contribution in [3.63, 3.8) is 0 Å². The van der Waals surface area contributed by atoms with E-state index in [4.69, 9.17) is 9.66 Å². The minimum Gasteiger partial charge on any atom is -0.478 e. The molecule has 5 rings (SSSR count). The average Bonchev–Trinajstić information content (AvgIpc) is 3.14. The molecule has 0 unspecified atom stereocenters. The summed E-state index contributed by atoms with van der Waals surface area (Å²) in [7, 11) is -4.32. The van der Waals surface area contributed by atoms with Crippen LogP contribution in [0, 0.1) is 28.6 Å². The summed E-state index contributed by atoms with van der Waals surface area (Å²) >= 11 is 0. The molecule has 0 amide bonds. The number of aromatic carboxylic acids is 1. The third kappa shape index (κ3) is 4.80. The number of hydrogen-bond acceptors (Lipinski definition) is 8. The van der Waals surface area contributed by atoms with E-state index >= 15 is 0 Å². The Morgan fingerprint density at radius 1 is 1.15 bits per heavy atom. The van der Waals surface area contributed by atoms with Crippen LogP contribution < -0.4 is 0 Å². The number of ketones is 2. The number of carboxylic acid groups (broad SMARTS) is 1. The summed E-state index contributed by atoms with van der Waals surface area (Å²) in [4.78, 5) is 34.1. The Labute approximate surface area is 226 Å². The number of fused-ring (bicyclic) bond motifs is 5. The Balaban J connectivity index is 0.000000229. The maximum Gasteiger partial charge on any atom is 0.335 e. The molecule has 1 aromatic carbocycles. The van der Waals surface area contributed by atoms with Crippen LogP contribution >= 0.6 is 0 Å². The monoisotopic (exact) mass is 562 g/mol. The number of hydrogen-bond donors (Lipinski definition) is 5. The predicted molar refractivity (Wildman–Crippen MR) is 138 cm³/mol. The van der Waals surface area contributed by atoms with Crippen molar-refractivity contribution in [3.8, 4) is 0 Å². The second kappa shape index (κ2) is 10.0. The van der Waals surface area contributed by atoms with Crippen LogP contribution in [0.1, 0.15) is 56.3 Å². The van der Waals surface area contributed by atoms with Crippen molar-refractivity contribution < 1.29 is 47.8 Å². The number of benzene rings is 1. The first-order valence-corrected chi connectivity index (χ1v) is 14.3. The zero-order valence-corrected chi connectivity index (χ0v) is 22.6. The molecule has 4 aliphatic carbocycles. The molecule has 0 spiro atoms. The second-order valence-electron chi connectivity index (χ2n) is 11.5. The van der Waals surface area contributed by atoms with Gasteiger partial charge in [-0.05, 0) is 74.3 Å². The highest BCUT2D eigenvalue weighted by atomic mass is 32.2. The highest BCUT2D eigenvalue weighted by molar-refractivity contribution is 7.85. The van der Waals surface area contributed by atoms with E-state index in [-0.39, 0.29) is 34.5 Å². The summed E-state index contributed by atoms with van der Waals surface area (Å²) in [5, 5.41) is 40.2. The van der Waals surface area contributed by atoms with Crippen LogP contribution in [0.25, 0.3) is 0 Å². The standard InChI is InChI=1S/C21H28O5.C7H6O5S/c1-19-7-5-13(23)9-12(19)3-4-14-15-6-8-21(26,17(25)11-22)20(15,2)10-16(24)18(14)19;8-7(9)5-2-1-3-6(4-5)13(10,11)12/h5,7,9,14-16,18,22,24,26H,3-4,6,8,10-11H2,1-2H3;1-4H,(H,8,9)(H,10,11,12)/t14-,15-,16-,18+,19-,20-,21-;/m0./s1. The van der Waals surface area contributed by atoms with Gasteiger partial charge >= 0.3 is 5.97 Å². The van der Waals surface area contributed by atoms with Crippen LogP contribution in [0.15, 0.2) is 53.0 Å². The largest absolute Gasteiger partial charge is 0.478 e. The molecule has 3 saturated carbocycles. The highest BCUT2D eigenvalue weighted by Crippen LogP contribution is 2.67. The Morgan fingerprint density at radius 3 is 2.46 bits per heavy atom. The smallest absolute Gasteiger partial charge is 0.335 e. The fraction of sp³-hybridized carbons (Fsp3) is 0.536. The Morgan fingerprint density at radius 2 is 1.85 bits per heavy atom. The molecule has 212 valence electrons. The van der Waals surface area contributed by atoms with Crippen molar-refractivity contribution in [2.45, 2.75) is 62.6 Å². The van der Waals surface area contributed by atoms with Gasteiger partial charge in [0.1, 0.15) is 12.2 Å². The molecule has 0 bridgehead atoms. The lowest BCUT2D eigenvalue weighted by atomic mass is 9.46. The number of Topliss-reactive ketones (excluding diaryl/α,β-unsaturated/α-hetero) is 1. The normalized spacial score (nSPS) is 37.0. The lowest BCUT2D eigenvalue weighted by Gasteiger charge is -2.59. The molecule has 4 aliphatic rings. The van der Waals surface area contributed by atoms with Gasteiger partial charge in [-0.2, -0.15) is 8.42 Å². The van der Waals surface area contributed by atoms with E-state index < -0.39 is 50.5 Å². The average molecular weight is 563 g/mol. The number of aliphatic hydroxyl groups is 3. The summed E-state index contributed by atoms with van der Waals surface area (Å²) in [5.41, 5.74) is -1.73. The summed E-state index contributed by atoms with van der Waals surface area (Å²) < 4.78 is 29.7. The van der Waals surface area contributed by atoms with Gasteiger partial charge in [0.05, 0.1) is 16.6 Å². The van der Waals surface area contributed by atoms with Crippen LogP contribution in [0.5, 0.6) is 0 Å². The molecule has 1 aromatic rings. The van der Waals surface area contributed by atoms with Crippen molar-refractivity contribution >= 4 is 27.7 Å². The van der Waals surface area contributed by atoms with E-state index in [0.29, 0.717) is 12.8 Å². The Bertz CT molecular complexity index is 1360. The van der Waals surface area contributed by atoms with Crippen LogP contribution in [0.3, 0.4) is 0 Å². The van der Waals surface area contributed by atoms with Gasteiger partial charge in [-0.3, -0.25) is 14.1 Å². The molecule has 0 radical (unpaired) electrons. The van der Waals surface area contributed by atoms with E-state index in [9.17, 15) is 38.1 Å². The molecule has 0 heterocycles. The van der Waals surface area contributed by atoms with Crippen molar-refractivity contribution in [3.05, 3.63) is 53.6 Å². The van der Waals surface area contributed by atoms with Crippen molar-refractivity contribution in [1.29, 1.82) is 0 Å². The number of allylic oxidation sites excluding steroid dienone is 4. The SMILES string of the molecule is C[C@]12C=CC(=O)C=C1CC[C@@H]1[C@@H]2[C@@H](O)C[C@@]2(C)[C@H]1CC[C@]2(O)C(=O)CO.O=C(O)c1cccc(S(=O)(=O)O)c1. The first-order valence-electron chi connectivity index (χ1n) is 12.9. The Kier molecular flexibility index (Phi) is 7.54. The van der Waals surface area contributed by atoms with Crippen molar-refractivity contribution in [2.24, 2.45) is 28.6 Å². The number of carboxylic acids is 1. The second-order valence-corrected chi connectivity index (χ2v) is 12.9. The number of aliphatic hydroxyl groups excluding tert-OH is 2. The summed E-state index contributed by atoms with van der Waals surface area (Å²) in [5.74, 6) is -1.47. The van der Waals surface area contributed by atoms with Gasteiger partial charge in [0.2, 0.25) is 0 Å². The minimum atomic E-state index is -4.32. The zero-order valence-electron chi connectivity index (χ0n) is 21.8. The van der Waals surface area contributed by atoms with Gasteiger partial charge in [0.15, 0.2) is 11.6 Å². The van der Waals surface area contributed by atoms with Gasteiger partial charge < -0.3 is 20.4 Å². The Hall–Kier alpha value is -2.70. The summed E-state index contributed by atoms with van der Waals surface area (Å²) in [6, 6.07) is 4.48. The van der Waals surface area contributed by atoms with Crippen LogP contribution in [-0.2, 0) is 19.7 Å². The van der Waals surface area contributed by atoms with Crippen LogP contribution in [0.2, 0.25) is 0 Å². The van der Waals surface area contributed by atoms with Gasteiger partial charge in [-0.25, -0.2) is 4.79 Å². The summed E-state index contributed by atoms with van der Waals surface area (Å²) in [6.45, 7) is 3.34. The third-order valence-corrected chi connectivity index (χ3v) is 10.5. The molecular weight excluding hydrogens is 528 g/mol. The van der Waals surface area contributed by atoms with Gasteiger partial charge in [-0.1, -0.05) is 31.6 Å². The molecule has 10 nitrogen and oxygen atoms in total. The predicted octanol–water partition coefficient (Wildman–Crippen LogP) is 2.19. The topological polar surface area (TPSA) is 186 Å². The van der Waals surface area contributed by atoms with Crippen LogP contribution in [-0.4, -0.2) is 69.2 Å². The van der Waals surface area contributed by atoms with E-state index in [1.807, 2.05) is 13.0 Å². The van der Waals surface area contributed by atoms with Crippen molar-refractivity contribution in [1.82, 2.24) is 0 Å². The zero-order chi connectivity index (χ0) is 29.0. The number of carbonyl (C=O) groups is 3. The molecule has 0 aliphatic heterocycles. The quantitative estimate of drug-likeness (QED) is 0.341. The lowest BCUT2D eigenvalue weighted by molar-refractivity contribution is -0.178. The highest BCUT2D eigenvalue weighted by Gasteiger charge is 2.67. The lowest BCUT2D eigenvalue weighted by Crippen LogP contribution is -2.61. The molecule has 3 fully saturated rings. The fourth-order valence-electron chi connectivity index (χ4n) is 7.71. The number of rotatable bonds is 4. The van der Waals surface area contributed by atoms with Gasteiger partial charge in [0, 0.05) is 16.7 Å². The number of carbonyl (C=O) groups excluding carboxylic acids is 2. The molecule has 11 heteroatoms. The van der Waals surface area contributed by atoms with Crippen LogP contribution in [0.4, 0.5) is 0 Å². The first-order chi connectivity index (χ1) is 18.1. The molecule has 0 saturated heterocycles. The van der Waals surface area contributed by atoms with E-state index in [1.54, 1.807) is 12.2 Å². The van der Waals surface area contributed by atoms with Crippen molar-refractivity contribution in [2.75, 3.05) is 6.61 Å². The molecule has 39 heavy (non-hydrogen) atoms. The van der Waals surface area contributed by atoms with E-state index in [0.717, 1.165) is 37.0 Å². The maximum absolute atomic E-state index is 12.4. The van der Waals surface area contributed by atoms with Gasteiger partial charge in [-0.15, -0.1) is 0 Å². The molecule has 7 atom stereocenters. The molecule has 5 N–H and O–H groups in total. The van der Waals surface area contributed by atoms with E-state index in [2.05, 4.69) is 6.92 Å². The first kappa shape index (κ1) is 29.3. The van der Waals surface area contributed by atoms with Gasteiger partial charge in [0.25, 0.3) is 10.1 Å². The third-order valence-electron chi connectivity index (χ3n) is 9.63. The fourth-order valence-corrected chi connectivity index (χ4v) is 8.24. The van der Waals surface area contributed by atoms with E-state index in [1.165, 1.54) is 12.1 Å². The maximum atomic E-state index is 12.4. The molecular formula is C28H34O10S. The molecule has 0 aromatic heterocycles. The summed E-state index contributed by atoms with van der Waals surface area (Å²) in [6.07, 6.45) is 7.68.